The fourth-order valence-electron chi connectivity index (χ4n) is 0. The second kappa shape index (κ2) is 49.0. The van der Waals surface area contributed by atoms with Gasteiger partial charge in [0.05, 0.1) is 10.2 Å². The molecule has 12 nitrogen and oxygen atoms in total. The van der Waals surface area contributed by atoms with E-state index in [9.17, 15) is 0 Å². The van der Waals surface area contributed by atoms with E-state index in [4.69, 9.17) is 30.6 Å². The smallest absolute Gasteiger partial charge is 0.412 e. The first-order valence-corrected chi connectivity index (χ1v) is 1.10. The van der Waals surface area contributed by atoms with Crippen LogP contribution in [0.1, 0.15) is 0 Å². The van der Waals surface area contributed by atoms with Gasteiger partial charge in [-0.3, -0.25) is 0 Å². The zero-order chi connectivity index (χ0) is 7.15. The first-order chi connectivity index (χ1) is 3.46. The summed E-state index contributed by atoms with van der Waals surface area (Å²) in [6, 6.07) is 0. The molecule has 0 spiro atoms. The summed E-state index contributed by atoms with van der Waals surface area (Å²) >= 11 is 0. The average Bonchev–Trinajstić information content (AvgIpc) is 1.25. The van der Waals surface area contributed by atoms with Crippen molar-refractivity contribution in [3.8, 4) is 0 Å². The third-order valence-electron chi connectivity index (χ3n) is 0. The van der Waals surface area contributed by atoms with Crippen molar-refractivity contribution in [2.45, 2.75) is 0 Å². The monoisotopic (exact) mass is 276 g/mol. The maximum absolute atomic E-state index is 8.25. The zero-order valence-corrected chi connectivity index (χ0v) is 11.2. The van der Waals surface area contributed by atoms with E-state index in [2.05, 4.69) is 0 Å². The Balaban J connectivity index is -0.00000000600. The molecule has 0 atom stereocenters. The van der Waals surface area contributed by atoms with Gasteiger partial charge in [0.25, 0.3) is 0 Å². The SMILES string of the molecule is O.O.O.O.O=[N+]([O-])[O-].O=[N+]([O-])[O-].[Ca+2].[Ca+2]. The van der Waals surface area contributed by atoms with E-state index in [0.717, 1.165) is 0 Å². The topological polar surface area (TPSA) is 258 Å². The molecule has 80 valence electrons. The molecule has 0 amide bonds. The van der Waals surface area contributed by atoms with Crippen LogP contribution in [0.2, 0.25) is 0 Å². The van der Waals surface area contributed by atoms with Gasteiger partial charge in [0.2, 0.25) is 0 Å². The van der Waals surface area contributed by atoms with E-state index >= 15 is 0 Å². The van der Waals surface area contributed by atoms with Crippen molar-refractivity contribution in [2.75, 3.05) is 0 Å². The van der Waals surface area contributed by atoms with Crippen LogP contribution < -0.4 is 0 Å². The molecule has 0 fully saturated rings. The predicted octanol–water partition coefficient (Wildman–Crippen LogP) is -4.54. The number of rotatable bonds is 0. The quantitative estimate of drug-likeness (QED) is 0.238. The van der Waals surface area contributed by atoms with Crippen LogP contribution in [-0.4, -0.2) is 108 Å². The molecule has 8 N–H and O–H groups in total. The van der Waals surface area contributed by atoms with E-state index in [0.29, 0.717) is 0 Å². The summed E-state index contributed by atoms with van der Waals surface area (Å²) in [6.07, 6.45) is 0. The van der Waals surface area contributed by atoms with Gasteiger partial charge in [0.15, 0.2) is 0 Å². The van der Waals surface area contributed by atoms with Crippen molar-refractivity contribution >= 4 is 75.5 Å². The van der Waals surface area contributed by atoms with Gasteiger partial charge in [0, 0.05) is 0 Å². The van der Waals surface area contributed by atoms with Crippen LogP contribution in [0.15, 0.2) is 0 Å². The molecule has 0 aromatic rings. The fourth-order valence-corrected chi connectivity index (χ4v) is 0. The molecule has 14 heteroatoms. The Bertz CT molecular complexity index is 74.1. The second-order valence-electron chi connectivity index (χ2n) is 0.447. The van der Waals surface area contributed by atoms with E-state index in [1.807, 2.05) is 0 Å². The number of hydrogen-bond acceptors (Lipinski definition) is 6. The maximum atomic E-state index is 8.25. The number of nitrogens with zero attached hydrogens (tertiary/aromatic N) is 2. The summed E-state index contributed by atoms with van der Waals surface area (Å²) in [6.45, 7) is 0. The minimum Gasteiger partial charge on any atom is -0.412 e. The van der Waals surface area contributed by atoms with Gasteiger partial charge < -0.3 is 52.5 Å². The van der Waals surface area contributed by atoms with Crippen LogP contribution in [0, 0.1) is 30.6 Å². The summed E-state index contributed by atoms with van der Waals surface area (Å²) in [7, 11) is 0. The second-order valence-corrected chi connectivity index (χ2v) is 0.447. The van der Waals surface area contributed by atoms with Crippen molar-refractivity contribution in [2.24, 2.45) is 0 Å². The molecule has 0 saturated heterocycles. The van der Waals surface area contributed by atoms with Gasteiger partial charge in [-0.1, -0.05) is 0 Å². The molecule has 0 aromatic heterocycles. The molecule has 0 unspecified atom stereocenters. The van der Waals surface area contributed by atoms with Gasteiger partial charge in [-0.25, -0.2) is 0 Å². The van der Waals surface area contributed by atoms with Crippen molar-refractivity contribution in [3.05, 3.63) is 30.6 Å². The molecule has 0 saturated carbocycles. The third kappa shape index (κ3) is 3060. The summed E-state index contributed by atoms with van der Waals surface area (Å²) in [4.78, 5) is 16.5. The summed E-state index contributed by atoms with van der Waals surface area (Å²) in [5.74, 6) is 0. The average molecular weight is 276 g/mol. The van der Waals surface area contributed by atoms with Crippen molar-refractivity contribution in [1.82, 2.24) is 0 Å². The zero-order valence-electron chi connectivity index (χ0n) is 6.76. The maximum Gasteiger partial charge on any atom is 2.00 e. The van der Waals surface area contributed by atoms with Gasteiger partial charge >= 0.3 is 75.5 Å². The molecular weight excluding hydrogens is 268 g/mol. The van der Waals surface area contributed by atoms with Gasteiger partial charge in [-0.05, 0) is 0 Å². The van der Waals surface area contributed by atoms with Crippen LogP contribution >= 0.6 is 0 Å². The molecule has 0 rings (SSSR count). The Labute approximate surface area is 136 Å². The minimum atomic E-state index is -1.75. The largest absolute Gasteiger partial charge is 2.00 e. The normalized spacial score (nSPS) is 3.43. The van der Waals surface area contributed by atoms with Crippen LogP contribution in [0.4, 0.5) is 0 Å². The Hall–Kier alpha value is 0.759. The van der Waals surface area contributed by atoms with E-state index in [-0.39, 0.29) is 97.4 Å². The van der Waals surface area contributed by atoms with E-state index < -0.39 is 10.2 Å². The first-order valence-electron chi connectivity index (χ1n) is 1.10. The van der Waals surface area contributed by atoms with Crippen molar-refractivity contribution in [1.29, 1.82) is 0 Å². The van der Waals surface area contributed by atoms with Gasteiger partial charge in [-0.2, -0.15) is 0 Å². The Morgan fingerprint density at radius 3 is 0.571 bits per heavy atom. The predicted molar refractivity (Wildman–Crippen MR) is 46.7 cm³/mol. The molecule has 0 aromatic carbocycles. The van der Waals surface area contributed by atoms with Crippen LogP contribution in [0.3, 0.4) is 0 Å². The Morgan fingerprint density at radius 2 is 0.571 bits per heavy atom. The van der Waals surface area contributed by atoms with Gasteiger partial charge in [0.1, 0.15) is 0 Å². The summed E-state index contributed by atoms with van der Waals surface area (Å²) in [5.41, 5.74) is 0. The third-order valence-corrected chi connectivity index (χ3v) is 0. The molecule has 0 radical (unpaired) electrons. The minimum absolute atomic E-state index is 0. The molecule has 0 aliphatic rings. The van der Waals surface area contributed by atoms with Crippen molar-refractivity contribution < 1.29 is 32.1 Å². The van der Waals surface area contributed by atoms with Crippen LogP contribution in [-0.2, 0) is 0 Å². The first kappa shape index (κ1) is 61.2. The van der Waals surface area contributed by atoms with Crippen molar-refractivity contribution in [3.63, 3.8) is 0 Å². The summed E-state index contributed by atoms with van der Waals surface area (Å²) in [5, 5.41) is 29.5. The molecule has 0 heterocycles. The Kier molecular flexibility index (Phi) is 214. The van der Waals surface area contributed by atoms with E-state index in [1.165, 1.54) is 0 Å². The van der Waals surface area contributed by atoms with Crippen LogP contribution in [0.25, 0.3) is 0 Å². The fraction of sp³-hybridized carbons (Fsp3) is 0. The summed E-state index contributed by atoms with van der Waals surface area (Å²) < 4.78 is 0. The number of hydrogen-bond donors (Lipinski definition) is 0. The molecular formula is H8Ca2N2O10+2. The molecule has 14 heavy (non-hydrogen) atoms. The van der Waals surface area contributed by atoms with Gasteiger partial charge in [-0.15, -0.1) is 0 Å². The molecule has 0 aliphatic carbocycles. The van der Waals surface area contributed by atoms with Crippen LogP contribution in [0.5, 0.6) is 0 Å². The molecule has 0 aliphatic heterocycles. The molecule has 0 bridgehead atoms. The van der Waals surface area contributed by atoms with E-state index in [1.54, 1.807) is 0 Å². The Morgan fingerprint density at radius 1 is 0.571 bits per heavy atom. The standard InChI is InChI=1S/2Ca.2NO3.4H2O/c;;2*2-1(3)4;;;;/h;;;;4*1H2/q2*+2;2*-1;;;;.